The molecule has 0 nitrogen and oxygen atoms in total. The van der Waals surface area contributed by atoms with Gasteiger partial charge in [0.2, 0.25) is 0 Å². The minimum absolute atomic E-state index is 0.737. The predicted molar refractivity (Wildman–Crippen MR) is 56.6 cm³/mol. The Balaban J connectivity index is 1.97. The highest BCUT2D eigenvalue weighted by atomic mass is 79.9. The van der Waals surface area contributed by atoms with Crippen LogP contribution in [0.4, 0.5) is 0 Å². The van der Waals surface area contributed by atoms with Crippen LogP contribution in [0.2, 0.25) is 0 Å². The number of rotatable bonds is 2. The molecule has 12 heavy (non-hydrogen) atoms. The van der Waals surface area contributed by atoms with Crippen molar-refractivity contribution in [3.8, 4) is 0 Å². The van der Waals surface area contributed by atoms with Gasteiger partial charge in [-0.25, -0.2) is 0 Å². The Bertz CT molecular complexity index is 156. The number of halogens is 1. The van der Waals surface area contributed by atoms with Crippen molar-refractivity contribution in [3.63, 3.8) is 0 Å². The molecule has 0 spiro atoms. The van der Waals surface area contributed by atoms with E-state index >= 15 is 0 Å². The average Bonchev–Trinajstić information content (AvgIpc) is 2.80. The van der Waals surface area contributed by atoms with Crippen LogP contribution >= 0.6 is 15.9 Å². The molecule has 1 heteroatoms. The third-order valence-corrected chi connectivity index (χ3v) is 5.22. The van der Waals surface area contributed by atoms with Gasteiger partial charge in [-0.1, -0.05) is 42.1 Å². The first-order valence-corrected chi connectivity index (χ1v) is 6.48. The van der Waals surface area contributed by atoms with E-state index in [4.69, 9.17) is 0 Å². The molecule has 0 N–H and O–H groups in total. The monoisotopic (exact) mass is 230 g/mol. The molecule has 0 radical (unpaired) electrons. The minimum atomic E-state index is 0.737. The second-order valence-corrected chi connectivity index (χ2v) is 5.37. The summed E-state index contributed by atoms with van der Waals surface area (Å²) in [7, 11) is 0. The van der Waals surface area contributed by atoms with Crippen molar-refractivity contribution >= 4 is 15.9 Å². The van der Waals surface area contributed by atoms with E-state index in [1.54, 1.807) is 0 Å². The Labute approximate surface area is 84.2 Å². The van der Waals surface area contributed by atoms with E-state index in [-0.39, 0.29) is 0 Å². The lowest BCUT2D eigenvalue weighted by Gasteiger charge is -2.29. The molecule has 0 aliphatic heterocycles. The van der Waals surface area contributed by atoms with Crippen molar-refractivity contribution in [2.45, 2.75) is 45.4 Å². The second-order valence-electron chi connectivity index (χ2n) is 4.81. The summed E-state index contributed by atoms with van der Waals surface area (Å²) in [4.78, 5) is 0. The SMILES string of the molecule is CC1CC1(CBr)C1CCCCC1. The van der Waals surface area contributed by atoms with Crippen molar-refractivity contribution in [1.29, 1.82) is 0 Å². The number of hydrogen-bond acceptors (Lipinski definition) is 0. The largest absolute Gasteiger partial charge is 0.0922 e. The van der Waals surface area contributed by atoms with E-state index in [0.29, 0.717) is 0 Å². The zero-order chi connectivity index (χ0) is 8.60. The molecule has 0 heterocycles. The molecular weight excluding hydrogens is 212 g/mol. The highest BCUT2D eigenvalue weighted by Gasteiger charge is 2.54. The first-order valence-electron chi connectivity index (χ1n) is 5.35. The average molecular weight is 231 g/mol. The van der Waals surface area contributed by atoms with E-state index in [9.17, 15) is 0 Å². The molecule has 2 aliphatic rings. The summed E-state index contributed by atoms with van der Waals surface area (Å²) in [6.45, 7) is 2.43. The summed E-state index contributed by atoms with van der Waals surface area (Å²) in [5, 5.41) is 1.26. The molecular formula is C11H19Br. The topological polar surface area (TPSA) is 0 Å². The summed E-state index contributed by atoms with van der Waals surface area (Å²) in [6, 6.07) is 0. The molecule has 2 atom stereocenters. The van der Waals surface area contributed by atoms with Gasteiger partial charge in [0.25, 0.3) is 0 Å². The van der Waals surface area contributed by atoms with Gasteiger partial charge in [-0.15, -0.1) is 0 Å². The zero-order valence-electron chi connectivity index (χ0n) is 7.98. The normalized spacial score (nSPS) is 43.0. The molecule has 2 fully saturated rings. The second kappa shape index (κ2) is 3.32. The van der Waals surface area contributed by atoms with Gasteiger partial charge < -0.3 is 0 Å². The number of alkyl halides is 1. The van der Waals surface area contributed by atoms with Crippen LogP contribution in [0.25, 0.3) is 0 Å². The van der Waals surface area contributed by atoms with Crippen LogP contribution in [0, 0.1) is 17.3 Å². The third kappa shape index (κ3) is 1.34. The van der Waals surface area contributed by atoms with Gasteiger partial charge >= 0.3 is 0 Å². The van der Waals surface area contributed by atoms with Gasteiger partial charge in [-0.2, -0.15) is 0 Å². The molecule has 2 rings (SSSR count). The van der Waals surface area contributed by atoms with E-state index in [1.807, 2.05) is 0 Å². The smallest absolute Gasteiger partial charge is 0.00932 e. The maximum Gasteiger partial charge on any atom is 0.00932 e. The highest BCUT2D eigenvalue weighted by Crippen LogP contribution is 2.61. The summed E-state index contributed by atoms with van der Waals surface area (Å²) >= 11 is 3.71. The van der Waals surface area contributed by atoms with E-state index in [0.717, 1.165) is 17.3 Å². The fourth-order valence-corrected chi connectivity index (χ4v) is 4.29. The molecule has 0 amide bonds. The lowest BCUT2D eigenvalue weighted by Crippen LogP contribution is -2.22. The summed E-state index contributed by atoms with van der Waals surface area (Å²) in [6.07, 6.45) is 8.98. The van der Waals surface area contributed by atoms with Gasteiger partial charge in [0.15, 0.2) is 0 Å². The Morgan fingerprint density at radius 1 is 1.25 bits per heavy atom. The van der Waals surface area contributed by atoms with E-state index in [2.05, 4.69) is 22.9 Å². The quantitative estimate of drug-likeness (QED) is 0.630. The molecule has 70 valence electrons. The number of hydrogen-bond donors (Lipinski definition) is 0. The molecule has 0 bridgehead atoms. The molecule has 0 aromatic rings. The first-order chi connectivity index (χ1) is 5.79. The van der Waals surface area contributed by atoms with Crippen molar-refractivity contribution in [1.82, 2.24) is 0 Å². The Morgan fingerprint density at radius 2 is 1.83 bits per heavy atom. The van der Waals surface area contributed by atoms with Crippen LogP contribution in [0.1, 0.15) is 45.4 Å². The molecule has 2 aliphatic carbocycles. The Morgan fingerprint density at radius 3 is 2.25 bits per heavy atom. The molecule has 0 aromatic heterocycles. The summed E-state index contributed by atoms with van der Waals surface area (Å²) in [5.41, 5.74) is 0.737. The van der Waals surface area contributed by atoms with Crippen LogP contribution in [0.5, 0.6) is 0 Å². The van der Waals surface area contributed by atoms with Gasteiger partial charge in [0.05, 0.1) is 0 Å². The van der Waals surface area contributed by atoms with Crippen molar-refractivity contribution in [3.05, 3.63) is 0 Å². The first kappa shape index (κ1) is 9.05. The standard InChI is InChI=1S/C11H19Br/c1-9-7-11(9,8-12)10-5-3-2-4-6-10/h9-10H,2-8H2,1H3. The fourth-order valence-electron chi connectivity index (χ4n) is 3.05. The van der Waals surface area contributed by atoms with Crippen LogP contribution in [0.15, 0.2) is 0 Å². The third-order valence-electron chi connectivity index (χ3n) is 4.17. The van der Waals surface area contributed by atoms with E-state index < -0.39 is 0 Å². The van der Waals surface area contributed by atoms with Crippen molar-refractivity contribution in [2.75, 3.05) is 5.33 Å². The molecule has 2 unspecified atom stereocenters. The van der Waals surface area contributed by atoms with Crippen LogP contribution < -0.4 is 0 Å². The van der Waals surface area contributed by atoms with Crippen LogP contribution in [-0.4, -0.2) is 5.33 Å². The molecule has 0 saturated heterocycles. The van der Waals surface area contributed by atoms with Crippen molar-refractivity contribution in [2.24, 2.45) is 17.3 Å². The summed E-state index contributed by atoms with van der Waals surface area (Å²) in [5.74, 6) is 2.06. The predicted octanol–water partition coefficient (Wildman–Crippen LogP) is 3.99. The Hall–Kier alpha value is 0.480. The maximum absolute atomic E-state index is 3.71. The van der Waals surface area contributed by atoms with Crippen molar-refractivity contribution < 1.29 is 0 Å². The Kier molecular flexibility index (Phi) is 2.51. The van der Waals surface area contributed by atoms with Gasteiger partial charge in [-0.3, -0.25) is 0 Å². The van der Waals surface area contributed by atoms with E-state index in [1.165, 1.54) is 43.9 Å². The van der Waals surface area contributed by atoms with Crippen LogP contribution in [0.3, 0.4) is 0 Å². The zero-order valence-corrected chi connectivity index (χ0v) is 9.57. The van der Waals surface area contributed by atoms with Gasteiger partial charge in [-0.05, 0) is 36.5 Å². The van der Waals surface area contributed by atoms with Crippen LogP contribution in [-0.2, 0) is 0 Å². The molecule has 2 saturated carbocycles. The lowest BCUT2D eigenvalue weighted by atomic mass is 9.77. The summed E-state index contributed by atoms with van der Waals surface area (Å²) < 4.78 is 0. The highest BCUT2D eigenvalue weighted by molar-refractivity contribution is 9.09. The lowest BCUT2D eigenvalue weighted by molar-refractivity contribution is 0.236. The maximum atomic E-state index is 3.71. The fraction of sp³-hybridized carbons (Fsp3) is 1.00. The minimum Gasteiger partial charge on any atom is -0.0922 e. The van der Waals surface area contributed by atoms with Gasteiger partial charge in [0, 0.05) is 5.33 Å². The molecule has 0 aromatic carbocycles. The van der Waals surface area contributed by atoms with Gasteiger partial charge in [0.1, 0.15) is 0 Å².